The SMILES string of the molecule is Brc1cc(Br)c2[nH]cc(CCCN3CCNCC3)c2c1. The van der Waals surface area contributed by atoms with E-state index in [2.05, 4.69) is 65.4 Å². The predicted molar refractivity (Wildman–Crippen MR) is 91.3 cm³/mol. The monoisotopic (exact) mass is 399 g/mol. The van der Waals surface area contributed by atoms with Crippen LogP contribution in [0.1, 0.15) is 12.0 Å². The van der Waals surface area contributed by atoms with Crippen LogP contribution in [0.2, 0.25) is 0 Å². The standard InChI is InChI=1S/C15H19Br2N3/c16-12-8-13-11(10-19-15(13)14(17)9-12)2-1-5-20-6-3-18-4-7-20/h8-10,18-19H,1-7H2. The Kier molecular flexibility index (Phi) is 4.81. The maximum absolute atomic E-state index is 3.62. The maximum atomic E-state index is 3.62. The van der Waals surface area contributed by atoms with E-state index in [1.807, 2.05) is 0 Å². The molecule has 0 atom stereocenters. The van der Waals surface area contributed by atoms with Gasteiger partial charge in [-0.2, -0.15) is 0 Å². The molecule has 3 nitrogen and oxygen atoms in total. The van der Waals surface area contributed by atoms with Crippen LogP contribution in [0.4, 0.5) is 0 Å². The molecular formula is C15H19Br2N3. The third kappa shape index (κ3) is 3.27. The quantitative estimate of drug-likeness (QED) is 0.822. The summed E-state index contributed by atoms with van der Waals surface area (Å²) in [7, 11) is 0. The number of nitrogens with one attached hydrogen (secondary N) is 2. The minimum atomic E-state index is 1.12. The Morgan fingerprint density at radius 1 is 1.15 bits per heavy atom. The first-order chi connectivity index (χ1) is 9.74. The van der Waals surface area contributed by atoms with Crippen LogP contribution in [0.3, 0.4) is 0 Å². The van der Waals surface area contributed by atoms with E-state index in [9.17, 15) is 0 Å². The van der Waals surface area contributed by atoms with E-state index in [0.717, 1.165) is 28.5 Å². The van der Waals surface area contributed by atoms with Crippen LogP contribution in [-0.2, 0) is 6.42 Å². The second kappa shape index (κ2) is 6.60. The molecule has 0 radical (unpaired) electrons. The van der Waals surface area contributed by atoms with Crippen molar-refractivity contribution < 1.29 is 0 Å². The fourth-order valence-electron chi connectivity index (χ4n) is 2.85. The molecule has 1 aromatic carbocycles. The highest BCUT2D eigenvalue weighted by atomic mass is 79.9. The van der Waals surface area contributed by atoms with Gasteiger partial charge in [-0.1, -0.05) is 15.9 Å². The van der Waals surface area contributed by atoms with Crippen LogP contribution >= 0.6 is 31.9 Å². The summed E-state index contributed by atoms with van der Waals surface area (Å²) >= 11 is 7.19. The zero-order valence-electron chi connectivity index (χ0n) is 11.4. The third-order valence-electron chi connectivity index (χ3n) is 3.92. The van der Waals surface area contributed by atoms with Crippen molar-refractivity contribution in [3.63, 3.8) is 0 Å². The molecule has 0 bridgehead atoms. The number of hydrogen-bond acceptors (Lipinski definition) is 2. The van der Waals surface area contributed by atoms with Gasteiger partial charge in [0.25, 0.3) is 0 Å². The van der Waals surface area contributed by atoms with Gasteiger partial charge in [0.2, 0.25) is 0 Å². The molecule has 0 spiro atoms. The van der Waals surface area contributed by atoms with Gasteiger partial charge in [-0.25, -0.2) is 0 Å². The Labute approximate surface area is 136 Å². The van der Waals surface area contributed by atoms with Gasteiger partial charge in [-0.3, -0.25) is 0 Å². The van der Waals surface area contributed by atoms with E-state index in [1.54, 1.807) is 0 Å². The molecule has 3 rings (SSSR count). The number of fused-ring (bicyclic) bond motifs is 1. The summed E-state index contributed by atoms with van der Waals surface area (Å²) in [5.74, 6) is 0. The van der Waals surface area contributed by atoms with Crippen molar-refractivity contribution in [3.05, 3.63) is 32.8 Å². The number of aromatic amines is 1. The summed E-state index contributed by atoms with van der Waals surface area (Å²) in [4.78, 5) is 5.93. The average Bonchev–Trinajstić information content (AvgIpc) is 2.83. The van der Waals surface area contributed by atoms with Crippen molar-refractivity contribution >= 4 is 42.8 Å². The highest BCUT2D eigenvalue weighted by Gasteiger charge is 2.11. The fourth-order valence-corrected chi connectivity index (χ4v) is 4.18. The van der Waals surface area contributed by atoms with Crippen molar-refractivity contribution in [2.45, 2.75) is 12.8 Å². The molecule has 1 aliphatic heterocycles. The molecule has 0 aliphatic carbocycles. The number of aryl methyl sites for hydroxylation is 1. The molecule has 108 valence electrons. The molecular weight excluding hydrogens is 382 g/mol. The molecule has 2 heterocycles. The van der Waals surface area contributed by atoms with Crippen molar-refractivity contribution in [2.24, 2.45) is 0 Å². The molecule has 0 unspecified atom stereocenters. The molecule has 1 aliphatic rings. The molecule has 1 saturated heterocycles. The van der Waals surface area contributed by atoms with Crippen LogP contribution in [0.15, 0.2) is 27.3 Å². The number of hydrogen-bond donors (Lipinski definition) is 2. The van der Waals surface area contributed by atoms with Crippen LogP contribution in [0.25, 0.3) is 10.9 Å². The highest BCUT2D eigenvalue weighted by Crippen LogP contribution is 2.30. The highest BCUT2D eigenvalue weighted by molar-refractivity contribution is 9.11. The predicted octanol–water partition coefficient (Wildman–Crippen LogP) is 3.53. The van der Waals surface area contributed by atoms with Gasteiger partial charge in [0.15, 0.2) is 0 Å². The normalized spacial score (nSPS) is 16.9. The lowest BCUT2D eigenvalue weighted by molar-refractivity contribution is 0.238. The second-order valence-electron chi connectivity index (χ2n) is 5.32. The summed E-state index contributed by atoms with van der Waals surface area (Å²) in [6, 6.07) is 4.29. The summed E-state index contributed by atoms with van der Waals surface area (Å²) < 4.78 is 2.25. The van der Waals surface area contributed by atoms with Crippen LogP contribution in [-0.4, -0.2) is 42.6 Å². The van der Waals surface area contributed by atoms with Crippen molar-refractivity contribution in [3.8, 4) is 0 Å². The summed E-state index contributed by atoms with van der Waals surface area (Å²) in [6.45, 7) is 5.83. The minimum Gasteiger partial charge on any atom is -0.360 e. The zero-order chi connectivity index (χ0) is 13.9. The summed E-state index contributed by atoms with van der Waals surface area (Å²) in [5, 5.41) is 4.72. The number of nitrogens with zero attached hydrogens (tertiary/aromatic N) is 1. The second-order valence-corrected chi connectivity index (χ2v) is 7.09. The van der Waals surface area contributed by atoms with E-state index >= 15 is 0 Å². The van der Waals surface area contributed by atoms with Gasteiger partial charge in [-0.05, 0) is 53.0 Å². The number of piperazine rings is 1. The van der Waals surface area contributed by atoms with E-state index in [-0.39, 0.29) is 0 Å². The Morgan fingerprint density at radius 3 is 2.75 bits per heavy atom. The first kappa shape index (κ1) is 14.6. The van der Waals surface area contributed by atoms with Gasteiger partial charge in [0.05, 0.1) is 5.52 Å². The smallest absolute Gasteiger partial charge is 0.0601 e. The van der Waals surface area contributed by atoms with E-state index in [4.69, 9.17) is 0 Å². The number of H-pyrrole nitrogens is 1. The van der Waals surface area contributed by atoms with E-state index in [0.29, 0.717) is 0 Å². The van der Waals surface area contributed by atoms with Gasteiger partial charge in [-0.15, -0.1) is 0 Å². The third-order valence-corrected chi connectivity index (χ3v) is 5.01. The lowest BCUT2D eigenvalue weighted by Gasteiger charge is -2.26. The van der Waals surface area contributed by atoms with Crippen LogP contribution in [0.5, 0.6) is 0 Å². The molecule has 2 aromatic rings. The molecule has 0 amide bonds. The number of halogens is 2. The molecule has 1 fully saturated rings. The fraction of sp³-hybridized carbons (Fsp3) is 0.467. The Balaban J connectivity index is 1.65. The van der Waals surface area contributed by atoms with Crippen LogP contribution < -0.4 is 5.32 Å². The largest absolute Gasteiger partial charge is 0.360 e. The van der Waals surface area contributed by atoms with Gasteiger partial charge in [0, 0.05) is 46.7 Å². The van der Waals surface area contributed by atoms with Crippen molar-refractivity contribution in [2.75, 3.05) is 32.7 Å². The summed E-state index contributed by atoms with van der Waals surface area (Å²) in [6.07, 6.45) is 4.50. The zero-order valence-corrected chi connectivity index (χ0v) is 14.6. The van der Waals surface area contributed by atoms with Crippen molar-refractivity contribution in [1.82, 2.24) is 15.2 Å². The van der Waals surface area contributed by atoms with Crippen LogP contribution in [0, 0.1) is 0 Å². The Morgan fingerprint density at radius 2 is 1.95 bits per heavy atom. The van der Waals surface area contributed by atoms with Crippen molar-refractivity contribution in [1.29, 1.82) is 0 Å². The average molecular weight is 401 g/mol. The topological polar surface area (TPSA) is 31.1 Å². The molecule has 0 saturated carbocycles. The number of rotatable bonds is 4. The van der Waals surface area contributed by atoms with Gasteiger partial charge in [0.1, 0.15) is 0 Å². The lowest BCUT2D eigenvalue weighted by atomic mass is 10.1. The Hall–Kier alpha value is -0.360. The molecule has 20 heavy (non-hydrogen) atoms. The molecule has 5 heteroatoms. The Bertz CT molecular complexity index is 588. The van der Waals surface area contributed by atoms with Gasteiger partial charge < -0.3 is 15.2 Å². The molecule has 2 N–H and O–H groups in total. The first-order valence-corrected chi connectivity index (χ1v) is 8.71. The lowest BCUT2D eigenvalue weighted by Crippen LogP contribution is -2.43. The number of aromatic nitrogens is 1. The molecule has 1 aromatic heterocycles. The number of benzene rings is 1. The maximum Gasteiger partial charge on any atom is 0.0601 e. The van der Waals surface area contributed by atoms with E-state index < -0.39 is 0 Å². The van der Waals surface area contributed by atoms with Gasteiger partial charge >= 0.3 is 0 Å². The first-order valence-electron chi connectivity index (χ1n) is 7.12. The van der Waals surface area contributed by atoms with E-state index in [1.165, 1.54) is 42.5 Å². The summed E-state index contributed by atoms with van der Waals surface area (Å²) in [5.41, 5.74) is 2.61. The minimum absolute atomic E-state index is 1.12.